The van der Waals surface area contributed by atoms with Crippen molar-refractivity contribution in [1.29, 1.82) is 0 Å². The number of fused-ring (bicyclic) bond motifs is 1. The summed E-state index contributed by atoms with van der Waals surface area (Å²) in [5, 5.41) is 11.5. The molecule has 0 amide bonds. The first-order chi connectivity index (χ1) is 13.6. The lowest BCUT2D eigenvalue weighted by Gasteiger charge is -2.14. The minimum Gasteiger partial charge on any atom is -0.268 e. The molecule has 7 nitrogen and oxygen atoms in total. The van der Waals surface area contributed by atoms with Crippen molar-refractivity contribution in [1.82, 2.24) is 9.13 Å². The van der Waals surface area contributed by atoms with Crippen LogP contribution < -0.4 is 11.2 Å². The van der Waals surface area contributed by atoms with Crippen LogP contribution >= 0.6 is 0 Å². The van der Waals surface area contributed by atoms with Gasteiger partial charge in [-0.1, -0.05) is 48.5 Å². The summed E-state index contributed by atoms with van der Waals surface area (Å²) in [6.07, 6.45) is 0. The summed E-state index contributed by atoms with van der Waals surface area (Å²) in [6.45, 7) is 0.109. The fourth-order valence-electron chi connectivity index (χ4n) is 3.21. The van der Waals surface area contributed by atoms with Crippen LogP contribution in [0.1, 0.15) is 5.56 Å². The number of nitro benzene ring substituents is 1. The maximum Gasteiger partial charge on any atom is 0.336 e. The molecule has 0 spiro atoms. The van der Waals surface area contributed by atoms with Gasteiger partial charge in [0.25, 0.3) is 11.2 Å². The van der Waals surface area contributed by atoms with Crippen molar-refractivity contribution in [3.05, 3.63) is 115 Å². The van der Waals surface area contributed by atoms with E-state index in [-0.39, 0.29) is 12.2 Å². The highest BCUT2D eigenvalue weighted by Gasteiger charge is 2.16. The largest absolute Gasteiger partial charge is 0.336 e. The van der Waals surface area contributed by atoms with E-state index in [0.29, 0.717) is 16.6 Å². The number of aromatic nitrogens is 2. The van der Waals surface area contributed by atoms with Crippen LogP contribution in [0.4, 0.5) is 5.69 Å². The Hall–Kier alpha value is -4.00. The Kier molecular flexibility index (Phi) is 4.33. The van der Waals surface area contributed by atoms with Crippen LogP contribution in [-0.4, -0.2) is 14.1 Å². The first kappa shape index (κ1) is 17.4. The van der Waals surface area contributed by atoms with Crippen LogP contribution in [0.25, 0.3) is 16.6 Å². The fraction of sp³-hybridized carbons (Fsp3) is 0.0476. The molecule has 1 heterocycles. The maximum atomic E-state index is 13.2. The van der Waals surface area contributed by atoms with E-state index in [1.54, 1.807) is 30.3 Å². The van der Waals surface area contributed by atoms with Crippen molar-refractivity contribution in [2.75, 3.05) is 0 Å². The minimum absolute atomic E-state index is 0.109. The van der Waals surface area contributed by atoms with Gasteiger partial charge in [0.05, 0.1) is 28.1 Å². The summed E-state index contributed by atoms with van der Waals surface area (Å²) >= 11 is 0. The maximum absolute atomic E-state index is 13.2. The van der Waals surface area contributed by atoms with Gasteiger partial charge in [0.2, 0.25) is 0 Å². The van der Waals surface area contributed by atoms with Crippen molar-refractivity contribution in [2.24, 2.45) is 0 Å². The van der Waals surface area contributed by atoms with E-state index >= 15 is 0 Å². The van der Waals surface area contributed by atoms with Gasteiger partial charge in [0.1, 0.15) is 0 Å². The molecule has 0 radical (unpaired) electrons. The quantitative estimate of drug-likeness (QED) is 0.406. The first-order valence-electron chi connectivity index (χ1n) is 8.59. The van der Waals surface area contributed by atoms with Gasteiger partial charge >= 0.3 is 5.69 Å². The van der Waals surface area contributed by atoms with Gasteiger partial charge in [-0.05, 0) is 23.8 Å². The number of nitrogens with zero attached hydrogens (tertiary/aromatic N) is 3. The van der Waals surface area contributed by atoms with E-state index in [1.807, 2.05) is 30.3 Å². The Bertz CT molecular complexity index is 1310. The summed E-state index contributed by atoms with van der Waals surface area (Å²) < 4.78 is 2.49. The zero-order valence-corrected chi connectivity index (χ0v) is 14.7. The van der Waals surface area contributed by atoms with E-state index in [0.717, 1.165) is 10.1 Å². The Balaban J connectivity index is 2.03. The molecule has 0 bridgehead atoms. The highest BCUT2D eigenvalue weighted by atomic mass is 16.6. The molecule has 1 aromatic heterocycles. The van der Waals surface area contributed by atoms with E-state index < -0.39 is 16.2 Å². The Morgan fingerprint density at radius 3 is 2.32 bits per heavy atom. The van der Waals surface area contributed by atoms with E-state index in [1.165, 1.54) is 22.8 Å². The molecule has 0 aliphatic rings. The smallest absolute Gasteiger partial charge is 0.268 e. The predicted molar refractivity (Wildman–Crippen MR) is 106 cm³/mol. The second-order valence-corrected chi connectivity index (χ2v) is 6.29. The zero-order valence-electron chi connectivity index (χ0n) is 14.7. The van der Waals surface area contributed by atoms with Crippen molar-refractivity contribution < 1.29 is 4.92 Å². The Morgan fingerprint density at radius 1 is 0.857 bits per heavy atom. The first-order valence-corrected chi connectivity index (χ1v) is 8.59. The molecule has 0 saturated carbocycles. The number of benzene rings is 3. The summed E-state index contributed by atoms with van der Waals surface area (Å²) in [4.78, 5) is 36.8. The number of hydrogen-bond acceptors (Lipinski definition) is 4. The molecule has 0 unspecified atom stereocenters. The van der Waals surface area contributed by atoms with Gasteiger partial charge < -0.3 is 0 Å². The molecule has 0 aliphatic heterocycles. The number of non-ortho nitro benzene ring substituents is 1. The topological polar surface area (TPSA) is 87.1 Å². The Labute approximate surface area is 158 Å². The van der Waals surface area contributed by atoms with Crippen LogP contribution in [0.3, 0.4) is 0 Å². The minimum atomic E-state index is -0.548. The van der Waals surface area contributed by atoms with Gasteiger partial charge in [0, 0.05) is 12.1 Å². The molecule has 0 atom stereocenters. The van der Waals surface area contributed by atoms with E-state index in [4.69, 9.17) is 0 Å². The average molecular weight is 373 g/mol. The molecule has 4 aromatic rings. The molecule has 138 valence electrons. The SMILES string of the molecule is O=c1c2ccccc2n(-c2cccc([N+](=O)[O-])c2)c(=O)n1Cc1ccccc1. The van der Waals surface area contributed by atoms with E-state index in [2.05, 4.69) is 0 Å². The third kappa shape index (κ3) is 2.99. The number of hydrogen-bond donors (Lipinski definition) is 0. The van der Waals surface area contributed by atoms with Crippen LogP contribution in [0, 0.1) is 10.1 Å². The second kappa shape index (κ2) is 6.96. The summed E-state index contributed by atoms with van der Waals surface area (Å²) in [6, 6.07) is 21.7. The van der Waals surface area contributed by atoms with Crippen LogP contribution in [0.2, 0.25) is 0 Å². The van der Waals surface area contributed by atoms with Gasteiger partial charge in [-0.3, -0.25) is 24.0 Å². The highest BCUT2D eigenvalue weighted by molar-refractivity contribution is 5.79. The monoisotopic (exact) mass is 373 g/mol. The van der Waals surface area contributed by atoms with Crippen LogP contribution in [-0.2, 0) is 6.54 Å². The lowest BCUT2D eigenvalue weighted by molar-refractivity contribution is -0.384. The molecule has 0 fully saturated rings. The summed E-state index contributed by atoms with van der Waals surface area (Å²) in [5.41, 5.74) is 0.468. The molecule has 0 N–H and O–H groups in total. The van der Waals surface area contributed by atoms with Crippen molar-refractivity contribution >= 4 is 16.6 Å². The lowest BCUT2D eigenvalue weighted by Crippen LogP contribution is -2.39. The van der Waals surface area contributed by atoms with Gasteiger partial charge in [-0.15, -0.1) is 0 Å². The molecular weight excluding hydrogens is 358 g/mol. The normalized spacial score (nSPS) is 10.9. The lowest BCUT2D eigenvalue weighted by atomic mass is 10.2. The molecular formula is C21H15N3O4. The predicted octanol–water partition coefficient (Wildman–Crippen LogP) is 3.11. The average Bonchev–Trinajstić information content (AvgIpc) is 2.72. The van der Waals surface area contributed by atoms with Crippen LogP contribution in [0.5, 0.6) is 0 Å². The third-order valence-corrected chi connectivity index (χ3v) is 4.52. The summed E-state index contributed by atoms with van der Waals surface area (Å²) in [7, 11) is 0. The molecule has 0 aliphatic carbocycles. The van der Waals surface area contributed by atoms with E-state index in [9.17, 15) is 19.7 Å². The molecule has 28 heavy (non-hydrogen) atoms. The standard InChI is InChI=1S/C21H15N3O4/c25-20-18-11-4-5-12-19(18)23(16-9-6-10-17(13-16)24(27)28)21(26)22(20)14-15-7-2-1-3-8-15/h1-13H,14H2. The van der Waals surface area contributed by atoms with Crippen molar-refractivity contribution in [2.45, 2.75) is 6.54 Å². The third-order valence-electron chi connectivity index (χ3n) is 4.52. The number of nitro groups is 1. The van der Waals surface area contributed by atoms with Gasteiger partial charge in [-0.2, -0.15) is 0 Å². The van der Waals surface area contributed by atoms with Crippen molar-refractivity contribution in [3.8, 4) is 5.69 Å². The highest BCUT2D eigenvalue weighted by Crippen LogP contribution is 2.19. The van der Waals surface area contributed by atoms with Crippen LogP contribution in [0.15, 0.2) is 88.5 Å². The number of rotatable bonds is 4. The molecule has 7 heteroatoms. The molecule has 3 aromatic carbocycles. The molecule has 4 rings (SSSR count). The Morgan fingerprint density at radius 2 is 1.57 bits per heavy atom. The molecule has 0 saturated heterocycles. The van der Waals surface area contributed by atoms with Gasteiger partial charge in [-0.25, -0.2) is 4.79 Å². The van der Waals surface area contributed by atoms with Gasteiger partial charge in [0.15, 0.2) is 0 Å². The summed E-state index contributed by atoms with van der Waals surface area (Å²) in [5.74, 6) is 0. The number of para-hydroxylation sites is 1. The zero-order chi connectivity index (χ0) is 19.7. The second-order valence-electron chi connectivity index (χ2n) is 6.29. The van der Waals surface area contributed by atoms with Crippen molar-refractivity contribution in [3.63, 3.8) is 0 Å². The fourth-order valence-corrected chi connectivity index (χ4v) is 3.21.